The summed E-state index contributed by atoms with van der Waals surface area (Å²) in [6.07, 6.45) is -4.67. The van der Waals surface area contributed by atoms with Crippen LogP contribution >= 0.6 is 0 Å². The number of halogens is 5. The van der Waals surface area contributed by atoms with Gasteiger partial charge in [0, 0.05) is 11.5 Å². The van der Waals surface area contributed by atoms with Gasteiger partial charge in [0.15, 0.2) is 9.84 Å². The first-order valence-electron chi connectivity index (χ1n) is 9.11. The molecule has 1 aliphatic heterocycles. The third-order valence-electron chi connectivity index (χ3n) is 5.72. The normalized spacial score (nSPS) is 24.2. The number of sulfone groups is 1. The summed E-state index contributed by atoms with van der Waals surface area (Å²) in [5.74, 6) is -2.12. The lowest BCUT2D eigenvalue weighted by Crippen LogP contribution is -2.44. The van der Waals surface area contributed by atoms with Gasteiger partial charge in [-0.2, -0.15) is 13.2 Å². The number of hydrogen-bond donors (Lipinski definition) is 0. The fraction of sp³-hybridized carbons (Fsp3) is 0.350. The van der Waals surface area contributed by atoms with Crippen molar-refractivity contribution in [3.05, 3.63) is 65.2 Å². The minimum Gasteiger partial charge on any atom is -0.395 e. The SMILES string of the molecule is O=S(=O)(c1ccc(C(F)(F)F)cc1)[C@@]1(c2cc(F)ccc2F)CCC2=NOC[C@H]2C1. The van der Waals surface area contributed by atoms with Gasteiger partial charge < -0.3 is 4.84 Å². The van der Waals surface area contributed by atoms with Crippen molar-refractivity contribution >= 4 is 15.5 Å². The minimum absolute atomic E-state index is 0.102. The molecule has 0 radical (unpaired) electrons. The van der Waals surface area contributed by atoms with Crippen LogP contribution in [0.5, 0.6) is 0 Å². The van der Waals surface area contributed by atoms with E-state index in [0.29, 0.717) is 17.8 Å². The van der Waals surface area contributed by atoms with Crippen LogP contribution in [0.15, 0.2) is 52.5 Å². The molecule has 1 heterocycles. The Morgan fingerprint density at radius 1 is 1.07 bits per heavy atom. The molecule has 0 amide bonds. The van der Waals surface area contributed by atoms with E-state index < -0.39 is 48.8 Å². The Balaban J connectivity index is 1.87. The Kier molecular flexibility index (Phi) is 4.87. The second kappa shape index (κ2) is 7.04. The highest BCUT2D eigenvalue weighted by Crippen LogP contribution is 2.50. The third-order valence-corrected chi connectivity index (χ3v) is 8.23. The number of benzene rings is 2. The largest absolute Gasteiger partial charge is 0.416 e. The van der Waals surface area contributed by atoms with Crippen LogP contribution in [0.25, 0.3) is 0 Å². The fourth-order valence-electron chi connectivity index (χ4n) is 4.17. The molecule has 0 aromatic heterocycles. The summed E-state index contributed by atoms with van der Waals surface area (Å²) in [6.45, 7) is 0.108. The number of nitrogens with zero attached hydrogens (tertiary/aromatic N) is 1. The van der Waals surface area contributed by atoms with Crippen LogP contribution in [-0.2, 0) is 25.6 Å². The lowest BCUT2D eigenvalue weighted by atomic mass is 9.76. The quantitative estimate of drug-likeness (QED) is 0.636. The van der Waals surface area contributed by atoms with Crippen LogP contribution in [0.4, 0.5) is 22.0 Å². The first-order valence-corrected chi connectivity index (χ1v) is 10.6. The zero-order valence-corrected chi connectivity index (χ0v) is 16.2. The molecule has 2 atom stereocenters. The standard InChI is InChI=1S/C20H16F5NO3S/c21-14-3-6-17(22)16(9-14)19(8-7-18-12(10-19)11-29-26-18)30(27,28)15-4-1-13(2-5-15)20(23,24)25/h1-6,9,12H,7-8,10-11H2/t12-,19+/m1/s1. The summed E-state index contributed by atoms with van der Waals surface area (Å²) in [5, 5.41) is 3.88. The first kappa shape index (κ1) is 20.8. The second-order valence-corrected chi connectivity index (χ2v) is 9.68. The third kappa shape index (κ3) is 3.27. The molecular weight excluding hydrogens is 429 g/mol. The van der Waals surface area contributed by atoms with Crippen molar-refractivity contribution in [2.24, 2.45) is 11.1 Å². The summed E-state index contributed by atoms with van der Waals surface area (Å²) < 4.78 is 92.9. The monoisotopic (exact) mass is 445 g/mol. The smallest absolute Gasteiger partial charge is 0.395 e. The van der Waals surface area contributed by atoms with E-state index in [0.717, 1.165) is 30.3 Å². The summed E-state index contributed by atoms with van der Waals surface area (Å²) in [4.78, 5) is 4.66. The summed E-state index contributed by atoms with van der Waals surface area (Å²) in [5.41, 5.74) is -0.701. The summed E-state index contributed by atoms with van der Waals surface area (Å²) in [7, 11) is -4.40. The van der Waals surface area contributed by atoms with Crippen LogP contribution < -0.4 is 0 Å². The van der Waals surface area contributed by atoms with Crippen molar-refractivity contribution in [1.29, 1.82) is 0 Å². The van der Waals surface area contributed by atoms with Gasteiger partial charge in [-0.3, -0.25) is 0 Å². The maximum atomic E-state index is 14.8. The zero-order chi connectivity index (χ0) is 21.7. The lowest BCUT2D eigenvalue weighted by Gasteiger charge is -2.39. The second-order valence-electron chi connectivity index (χ2n) is 7.42. The molecule has 160 valence electrons. The molecule has 0 spiro atoms. The molecule has 30 heavy (non-hydrogen) atoms. The van der Waals surface area contributed by atoms with E-state index in [-0.39, 0.29) is 31.4 Å². The molecule has 1 saturated carbocycles. The van der Waals surface area contributed by atoms with E-state index in [2.05, 4.69) is 5.16 Å². The van der Waals surface area contributed by atoms with Crippen molar-refractivity contribution in [2.75, 3.05) is 6.61 Å². The molecule has 0 bridgehead atoms. The summed E-state index contributed by atoms with van der Waals surface area (Å²) >= 11 is 0. The molecule has 2 aliphatic rings. The number of fused-ring (bicyclic) bond motifs is 1. The molecule has 1 fully saturated rings. The van der Waals surface area contributed by atoms with Crippen molar-refractivity contribution in [2.45, 2.75) is 35.1 Å². The van der Waals surface area contributed by atoms with Gasteiger partial charge in [0.1, 0.15) is 23.0 Å². The maximum absolute atomic E-state index is 14.8. The maximum Gasteiger partial charge on any atom is 0.416 e. The van der Waals surface area contributed by atoms with E-state index in [1.54, 1.807) is 0 Å². The predicted octanol–water partition coefficient (Wildman–Crippen LogP) is 4.84. The average molecular weight is 445 g/mol. The minimum atomic E-state index is -4.63. The van der Waals surface area contributed by atoms with Crippen molar-refractivity contribution < 1.29 is 35.2 Å². The van der Waals surface area contributed by atoms with Gasteiger partial charge in [-0.1, -0.05) is 5.16 Å². The van der Waals surface area contributed by atoms with Gasteiger partial charge in [-0.25, -0.2) is 17.2 Å². The highest BCUT2D eigenvalue weighted by Gasteiger charge is 2.53. The summed E-state index contributed by atoms with van der Waals surface area (Å²) in [6, 6.07) is 5.61. The molecule has 4 rings (SSSR count). The number of alkyl halides is 3. The molecule has 0 unspecified atom stereocenters. The Morgan fingerprint density at radius 2 is 1.77 bits per heavy atom. The molecule has 4 nitrogen and oxygen atoms in total. The van der Waals surface area contributed by atoms with Crippen LogP contribution in [0, 0.1) is 17.6 Å². The molecule has 0 saturated heterocycles. The Morgan fingerprint density at radius 3 is 2.43 bits per heavy atom. The molecular formula is C20H16F5NO3S. The van der Waals surface area contributed by atoms with Crippen LogP contribution in [0.1, 0.15) is 30.4 Å². The highest BCUT2D eigenvalue weighted by molar-refractivity contribution is 7.92. The number of oxime groups is 1. The van der Waals surface area contributed by atoms with Crippen LogP contribution in [0.3, 0.4) is 0 Å². The van der Waals surface area contributed by atoms with E-state index in [9.17, 15) is 30.4 Å². The van der Waals surface area contributed by atoms with Gasteiger partial charge in [-0.05, 0) is 61.7 Å². The highest BCUT2D eigenvalue weighted by atomic mass is 32.2. The predicted molar refractivity (Wildman–Crippen MR) is 97.4 cm³/mol. The van der Waals surface area contributed by atoms with E-state index >= 15 is 0 Å². The lowest BCUT2D eigenvalue weighted by molar-refractivity contribution is -0.137. The Labute approximate surface area is 169 Å². The number of hydrogen-bond acceptors (Lipinski definition) is 4. The topological polar surface area (TPSA) is 55.7 Å². The van der Waals surface area contributed by atoms with Gasteiger partial charge in [0.2, 0.25) is 0 Å². The Bertz CT molecular complexity index is 1110. The van der Waals surface area contributed by atoms with E-state index in [1.165, 1.54) is 0 Å². The van der Waals surface area contributed by atoms with Crippen molar-refractivity contribution in [1.82, 2.24) is 0 Å². The first-order chi connectivity index (χ1) is 14.0. The van der Waals surface area contributed by atoms with E-state index in [4.69, 9.17) is 4.84 Å². The zero-order valence-electron chi connectivity index (χ0n) is 15.4. The van der Waals surface area contributed by atoms with Crippen molar-refractivity contribution in [3.8, 4) is 0 Å². The average Bonchev–Trinajstić information content (AvgIpc) is 3.16. The van der Waals surface area contributed by atoms with Crippen molar-refractivity contribution in [3.63, 3.8) is 0 Å². The molecule has 1 aliphatic carbocycles. The van der Waals surface area contributed by atoms with E-state index in [1.807, 2.05) is 0 Å². The molecule has 10 heteroatoms. The molecule has 2 aromatic rings. The fourth-order valence-corrected chi connectivity index (χ4v) is 6.35. The van der Waals surface area contributed by atoms with Gasteiger partial charge in [0.25, 0.3) is 0 Å². The van der Waals surface area contributed by atoms with Crippen LogP contribution in [0.2, 0.25) is 0 Å². The van der Waals surface area contributed by atoms with Gasteiger partial charge in [-0.15, -0.1) is 0 Å². The van der Waals surface area contributed by atoms with Gasteiger partial charge >= 0.3 is 6.18 Å². The molecule has 2 aromatic carbocycles. The van der Waals surface area contributed by atoms with Crippen LogP contribution in [-0.4, -0.2) is 20.7 Å². The molecule has 0 N–H and O–H groups in total. The Hall–Kier alpha value is -2.49. The van der Waals surface area contributed by atoms with Gasteiger partial charge in [0.05, 0.1) is 16.2 Å². The number of rotatable bonds is 3.